The fourth-order valence-corrected chi connectivity index (χ4v) is 2.38. The second-order valence-corrected chi connectivity index (χ2v) is 4.69. The molecule has 1 aliphatic rings. The van der Waals surface area contributed by atoms with Gasteiger partial charge in [0.15, 0.2) is 5.78 Å². The molecule has 0 radical (unpaired) electrons. The van der Waals surface area contributed by atoms with Gasteiger partial charge in [0.1, 0.15) is 11.2 Å². The van der Waals surface area contributed by atoms with Crippen LogP contribution in [0.1, 0.15) is 34.8 Å². The number of benzene rings is 1. The molecule has 3 heteroatoms. The average Bonchev–Trinajstić information content (AvgIpc) is 2.34. The maximum atomic E-state index is 12.3. The van der Waals surface area contributed by atoms with Crippen LogP contribution in [0.3, 0.4) is 0 Å². The molecule has 1 atom stereocenters. The van der Waals surface area contributed by atoms with Crippen molar-refractivity contribution in [2.75, 3.05) is 7.11 Å². The summed E-state index contributed by atoms with van der Waals surface area (Å²) in [6, 6.07) is 5.72. The summed E-state index contributed by atoms with van der Waals surface area (Å²) in [5.74, 6) is 0.740. The van der Waals surface area contributed by atoms with E-state index in [2.05, 4.69) is 6.07 Å². The third-order valence-corrected chi connectivity index (χ3v) is 3.64. The van der Waals surface area contributed by atoms with Gasteiger partial charge in [0.2, 0.25) is 0 Å². The number of Topliss-reactive ketones (excluding diaryl/α,β-unsaturated/α-hetero) is 1. The highest BCUT2D eigenvalue weighted by Gasteiger charge is 2.39. The van der Waals surface area contributed by atoms with E-state index in [1.807, 2.05) is 6.92 Å². The van der Waals surface area contributed by atoms with Crippen molar-refractivity contribution >= 4 is 5.78 Å². The number of ketones is 1. The van der Waals surface area contributed by atoms with Crippen LogP contribution in [-0.2, 0) is 6.42 Å². The molecule has 0 aromatic heterocycles. The molecule has 88 valence electrons. The molecule has 0 aliphatic heterocycles. The number of rotatable bonds is 1. The van der Waals surface area contributed by atoms with Crippen LogP contribution in [0.4, 0.5) is 0 Å². The van der Waals surface area contributed by atoms with Crippen molar-refractivity contribution in [1.82, 2.24) is 0 Å². The van der Waals surface area contributed by atoms with Crippen LogP contribution in [-0.4, -0.2) is 12.9 Å². The molecule has 0 saturated heterocycles. The maximum absolute atomic E-state index is 12.3. The van der Waals surface area contributed by atoms with Crippen LogP contribution in [0.25, 0.3) is 0 Å². The van der Waals surface area contributed by atoms with E-state index in [0.717, 1.165) is 23.3 Å². The van der Waals surface area contributed by atoms with Crippen LogP contribution in [0, 0.1) is 23.7 Å². The van der Waals surface area contributed by atoms with Crippen LogP contribution in [0.5, 0.6) is 5.75 Å². The molecule has 1 aromatic rings. The first kappa shape index (κ1) is 11.7. The largest absolute Gasteiger partial charge is 0.496 e. The number of hydrogen-bond acceptors (Lipinski definition) is 3. The first-order valence-corrected chi connectivity index (χ1v) is 5.66. The smallest absolute Gasteiger partial charge is 0.183 e. The monoisotopic (exact) mass is 229 g/mol. The van der Waals surface area contributed by atoms with Crippen molar-refractivity contribution in [2.45, 2.75) is 26.7 Å². The number of nitrogens with zero attached hydrogens (tertiary/aromatic N) is 1. The van der Waals surface area contributed by atoms with Crippen LogP contribution < -0.4 is 4.74 Å². The summed E-state index contributed by atoms with van der Waals surface area (Å²) in [7, 11) is 1.62. The molecule has 0 N–H and O–H groups in total. The van der Waals surface area contributed by atoms with Crippen LogP contribution in [0.15, 0.2) is 12.1 Å². The van der Waals surface area contributed by atoms with Crippen LogP contribution >= 0.6 is 0 Å². The second kappa shape index (κ2) is 3.89. The van der Waals surface area contributed by atoms with Crippen molar-refractivity contribution in [1.29, 1.82) is 5.26 Å². The minimum absolute atomic E-state index is 0.0630. The number of nitriles is 1. The molecule has 0 heterocycles. The molecule has 2 rings (SSSR count). The third kappa shape index (κ3) is 1.61. The summed E-state index contributed by atoms with van der Waals surface area (Å²) in [6.45, 7) is 3.68. The highest BCUT2D eigenvalue weighted by Crippen LogP contribution is 2.38. The quantitative estimate of drug-likeness (QED) is 0.743. The number of ether oxygens (including phenoxy) is 1. The van der Waals surface area contributed by atoms with Gasteiger partial charge < -0.3 is 4.74 Å². The summed E-state index contributed by atoms with van der Waals surface area (Å²) >= 11 is 0. The van der Waals surface area contributed by atoms with Gasteiger partial charge in [-0.2, -0.15) is 5.26 Å². The topological polar surface area (TPSA) is 50.1 Å². The Labute approximate surface area is 101 Å². The van der Waals surface area contributed by atoms with Gasteiger partial charge in [-0.15, -0.1) is 0 Å². The molecular formula is C14H15NO2. The Hall–Kier alpha value is -1.82. The molecule has 3 nitrogen and oxygen atoms in total. The normalized spacial score (nSPS) is 22.8. The van der Waals surface area contributed by atoms with Gasteiger partial charge in [0.25, 0.3) is 0 Å². The molecule has 1 aromatic carbocycles. The second-order valence-electron chi connectivity index (χ2n) is 4.69. The minimum atomic E-state index is -0.867. The van der Waals surface area contributed by atoms with E-state index >= 15 is 0 Å². The summed E-state index contributed by atoms with van der Waals surface area (Å²) in [5, 5.41) is 9.12. The van der Waals surface area contributed by atoms with Crippen molar-refractivity contribution in [3.05, 3.63) is 28.8 Å². The Kier molecular flexibility index (Phi) is 2.66. The molecule has 0 amide bonds. The predicted molar refractivity (Wildman–Crippen MR) is 64.1 cm³/mol. The number of hydrogen-bond donors (Lipinski definition) is 0. The zero-order valence-corrected chi connectivity index (χ0v) is 10.3. The van der Waals surface area contributed by atoms with Crippen molar-refractivity contribution in [3.63, 3.8) is 0 Å². The van der Waals surface area contributed by atoms with E-state index < -0.39 is 5.41 Å². The van der Waals surface area contributed by atoms with E-state index in [4.69, 9.17) is 10.00 Å². The molecule has 0 saturated carbocycles. The molecule has 0 fully saturated rings. The molecular weight excluding hydrogens is 214 g/mol. The van der Waals surface area contributed by atoms with Crippen molar-refractivity contribution < 1.29 is 9.53 Å². The number of carbonyl (C=O) groups excluding carboxylic acids is 1. The molecule has 0 unspecified atom stereocenters. The molecule has 17 heavy (non-hydrogen) atoms. The van der Waals surface area contributed by atoms with Crippen LogP contribution in [0.2, 0.25) is 0 Å². The van der Waals surface area contributed by atoms with Gasteiger partial charge in [-0.3, -0.25) is 4.79 Å². The lowest BCUT2D eigenvalue weighted by molar-refractivity contribution is 0.0854. The number of methoxy groups -OCH3 is 1. The fourth-order valence-electron chi connectivity index (χ4n) is 2.38. The lowest BCUT2D eigenvalue weighted by Gasteiger charge is -2.28. The van der Waals surface area contributed by atoms with Gasteiger partial charge in [-0.25, -0.2) is 0 Å². The van der Waals surface area contributed by atoms with Gasteiger partial charge >= 0.3 is 0 Å². The standard InChI is InChI=1S/C14H15NO2/c1-9-10-6-7-14(2,8-15)13(16)11(10)4-5-12(9)17-3/h4-5H,6-7H2,1-3H3/t14-/m1/s1. The summed E-state index contributed by atoms with van der Waals surface area (Å²) in [6.07, 6.45) is 1.34. The highest BCUT2D eigenvalue weighted by atomic mass is 16.5. The Balaban J connectivity index is 2.58. The maximum Gasteiger partial charge on any atom is 0.183 e. The van der Waals surface area contributed by atoms with Gasteiger partial charge in [0.05, 0.1) is 13.2 Å². The number of carbonyl (C=O) groups is 1. The fraction of sp³-hybridized carbons (Fsp3) is 0.429. The zero-order chi connectivity index (χ0) is 12.6. The van der Waals surface area contributed by atoms with Gasteiger partial charge in [-0.1, -0.05) is 0 Å². The summed E-state index contributed by atoms with van der Waals surface area (Å²) in [5.41, 5.74) is 1.85. The number of fused-ring (bicyclic) bond motifs is 1. The first-order valence-electron chi connectivity index (χ1n) is 5.66. The van der Waals surface area contributed by atoms with Crippen molar-refractivity contribution in [2.24, 2.45) is 5.41 Å². The average molecular weight is 229 g/mol. The highest BCUT2D eigenvalue weighted by molar-refractivity contribution is 6.04. The third-order valence-electron chi connectivity index (χ3n) is 3.64. The van der Waals surface area contributed by atoms with E-state index in [0.29, 0.717) is 12.0 Å². The Morgan fingerprint density at radius 2 is 2.18 bits per heavy atom. The lowest BCUT2D eigenvalue weighted by Crippen LogP contribution is -2.32. The minimum Gasteiger partial charge on any atom is -0.496 e. The predicted octanol–water partition coefficient (Wildman–Crippen LogP) is 2.66. The Bertz CT molecular complexity index is 528. The lowest BCUT2D eigenvalue weighted by atomic mass is 9.72. The first-order chi connectivity index (χ1) is 8.03. The van der Waals surface area contributed by atoms with Gasteiger partial charge in [0, 0.05) is 5.56 Å². The Morgan fingerprint density at radius 3 is 2.76 bits per heavy atom. The van der Waals surface area contributed by atoms with E-state index in [1.54, 1.807) is 26.2 Å². The molecule has 0 spiro atoms. The van der Waals surface area contributed by atoms with Gasteiger partial charge in [-0.05, 0) is 49.9 Å². The summed E-state index contributed by atoms with van der Waals surface area (Å²) < 4.78 is 5.25. The SMILES string of the molecule is COc1ccc2c(c1C)CC[C@](C)(C#N)C2=O. The molecule has 0 bridgehead atoms. The Morgan fingerprint density at radius 1 is 1.47 bits per heavy atom. The van der Waals surface area contributed by atoms with E-state index in [1.165, 1.54) is 0 Å². The van der Waals surface area contributed by atoms with Crippen molar-refractivity contribution in [3.8, 4) is 11.8 Å². The molecule has 1 aliphatic carbocycles. The van der Waals surface area contributed by atoms with E-state index in [-0.39, 0.29) is 5.78 Å². The zero-order valence-electron chi connectivity index (χ0n) is 10.3. The van der Waals surface area contributed by atoms with E-state index in [9.17, 15) is 4.79 Å². The summed E-state index contributed by atoms with van der Waals surface area (Å²) in [4.78, 5) is 12.3.